The number of aryl methyl sites for hydroxylation is 1. The second-order valence-corrected chi connectivity index (χ2v) is 9.93. The van der Waals surface area contributed by atoms with Gasteiger partial charge in [0.2, 0.25) is 5.91 Å². The van der Waals surface area contributed by atoms with Crippen molar-refractivity contribution in [3.05, 3.63) is 118 Å². The molecule has 0 bridgehead atoms. The fourth-order valence-corrected chi connectivity index (χ4v) is 5.10. The third-order valence-electron chi connectivity index (χ3n) is 6.22. The van der Waals surface area contributed by atoms with E-state index in [0.717, 1.165) is 23.1 Å². The monoisotopic (exact) mass is 496 g/mol. The van der Waals surface area contributed by atoms with E-state index >= 15 is 0 Å². The number of carbonyl (C=O) groups excluding carboxylic acids is 2. The molecule has 4 aromatic rings. The number of thiophene rings is 1. The van der Waals surface area contributed by atoms with E-state index in [1.807, 2.05) is 84.6 Å². The third-order valence-corrected chi connectivity index (χ3v) is 7.23. The number of amides is 2. The lowest BCUT2D eigenvalue weighted by atomic mass is 10.0. The number of rotatable bonds is 10. The van der Waals surface area contributed by atoms with Crippen LogP contribution >= 0.6 is 11.3 Å². The van der Waals surface area contributed by atoms with Crippen LogP contribution in [0.4, 0.5) is 0 Å². The summed E-state index contributed by atoms with van der Waals surface area (Å²) in [5.41, 5.74) is 5.03. The van der Waals surface area contributed by atoms with Crippen molar-refractivity contribution in [2.45, 2.75) is 33.4 Å². The van der Waals surface area contributed by atoms with Crippen LogP contribution in [0, 0.1) is 6.92 Å². The zero-order valence-electron chi connectivity index (χ0n) is 20.9. The lowest BCUT2D eigenvalue weighted by molar-refractivity contribution is -0.133. The first-order chi connectivity index (χ1) is 17.5. The van der Waals surface area contributed by atoms with Crippen molar-refractivity contribution in [3.63, 3.8) is 0 Å². The topological polar surface area (TPSA) is 40.6 Å². The standard InChI is InChI=1S/C31H32N2O2S/c1-3-19-32(31(35)28-16-14-27(15-17-28)26-12-8-5-9-13-26)23-30(34)33(21-25-10-6-4-7-11-25)22-29-24(2)18-20-36-29/h4-18,20H,3,19,21-23H2,1-2H3. The van der Waals surface area contributed by atoms with E-state index in [-0.39, 0.29) is 18.4 Å². The summed E-state index contributed by atoms with van der Waals surface area (Å²) >= 11 is 1.66. The van der Waals surface area contributed by atoms with E-state index in [0.29, 0.717) is 25.2 Å². The minimum atomic E-state index is -0.114. The molecule has 0 spiro atoms. The normalized spacial score (nSPS) is 10.7. The Hall–Kier alpha value is -3.70. The number of nitrogens with zero attached hydrogens (tertiary/aromatic N) is 2. The Bertz CT molecular complexity index is 1270. The van der Waals surface area contributed by atoms with Gasteiger partial charge in [-0.05, 0) is 59.2 Å². The maximum Gasteiger partial charge on any atom is 0.254 e. The van der Waals surface area contributed by atoms with Gasteiger partial charge in [-0.25, -0.2) is 0 Å². The molecule has 0 saturated heterocycles. The first-order valence-electron chi connectivity index (χ1n) is 12.3. The van der Waals surface area contributed by atoms with Crippen molar-refractivity contribution in [3.8, 4) is 11.1 Å². The predicted octanol–water partition coefficient (Wildman–Crippen LogP) is 6.80. The van der Waals surface area contributed by atoms with Gasteiger partial charge in [0.1, 0.15) is 6.54 Å². The fraction of sp³-hybridized carbons (Fsp3) is 0.226. The van der Waals surface area contributed by atoms with Crippen molar-refractivity contribution < 1.29 is 9.59 Å². The first kappa shape index (κ1) is 25.4. The molecule has 36 heavy (non-hydrogen) atoms. The Kier molecular flexibility index (Phi) is 8.69. The Morgan fingerprint density at radius 1 is 0.750 bits per heavy atom. The molecule has 1 aromatic heterocycles. The maximum absolute atomic E-state index is 13.6. The minimum Gasteiger partial charge on any atom is -0.332 e. The number of benzene rings is 3. The van der Waals surface area contributed by atoms with Crippen molar-refractivity contribution in [1.29, 1.82) is 0 Å². The summed E-state index contributed by atoms with van der Waals surface area (Å²) < 4.78 is 0. The van der Waals surface area contributed by atoms with Gasteiger partial charge in [-0.1, -0.05) is 79.7 Å². The average molecular weight is 497 g/mol. The average Bonchev–Trinajstić information content (AvgIpc) is 3.33. The molecule has 1 heterocycles. The minimum absolute atomic E-state index is 0.0469. The Morgan fingerprint density at radius 2 is 1.39 bits per heavy atom. The first-order valence-corrected chi connectivity index (χ1v) is 13.2. The molecule has 5 heteroatoms. The molecule has 0 N–H and O–H groups in total. The highest BCUT2D eigenvalue weighted by molar-refractivity contribution is 7.10. The van der Waals surface area contributed by atoms with Gasteiger partial charge in [-0.3, -0.25) is 9.59 Å². The fourth-order valence-electron chi connectivity index (χ4n) is 4.18. The summed E-state index contributed by atoms with van der Waals surface area (Å²) in [4.78, 5) is 31.7. The molecular weight excluding hydrogens is 464 g/mol. The van der Waals surface area contributed by atoms with Crippen LogP contribution in [-0.4, -0.2) is 34.7 Å². The predicted molar refractivity (Wildman–Crippen MR) is 148 cm³/mol. The van der Waals surface area contributed by atoms with Gasteiger partial charge in [0, 0.05) is 23.5 Å². The quantitative estimate of drug-likeness (QED) is 0.242. The second-order valence-electron chi connectivity index (χ2n) is 8.93. The number of hydrogen-bond acceptors (Lipinski definition) is 3. The van der Waals surface area contributed by atoms with Crippen molar-refractivity contribution in [2.75, 3.05) is 13.1 Å². The molecule has 4 rings (SSSR count). The van der Waals surface area contributed by atoms with Crippen molar-refractivity contribution in [1.82, 2.24) is 9.80 Å². The van der Waals surface area contributed by atoms with Gasteiger partial charge in [0.25, 0.3) is 5.91 Å². The van der Waals surface area contributed by atoms with Crippen LogP contribution in [0.3, 0.4) is 0 Å². The molecule has 4 nitrogen and oxygen atoms in total. The molecule has 0 fully saturated rings. The van der Waals surface area contributed by atoms with E-state index < -0.39 is 0 Å². The van der Waals surface area contributed by atoms with Gasteiger partial charge in [-0.15, -0.1) is 11.3 Å². The summed E-state index contributed by atoms with van der Waals surface area (Å²) in [6, 6.07) is 29.8. The van der Waals surface area contributed by atoms with Crippen LogP contribution in [0.15, 0.2) is 96.4 Å². The number of hydrogen-bond donors (Lipinski definition) is 0. The molecule has 0 aliphatic rings. The SMILES string of the molecule is CCCN(CC(=O)N(Cc1ccccc1)Cc1sccc1C)C(=O)c1ccc(-c2ccccc2)cc1. The van der Waals surface area contributed by atoms with Crippen LogP contribution in [0.5, 0.6) is 0 Å². The number of carbonyl (C=O) groups is 2. The molecule has 0 unspecified atom stereocenters. The van der Waals surface area contributed by atoms with E-state index in [1.54, 1.807) is 16.2 Å². The van der Waals surface area contributed by atoms with Gasteiger partial charge in [0.15, 0.2) is 0 Å². The maximum atomic E-state index is 13.6. The smallest absolute Gasteiger partial charge is 0.254 e. The lowest BCUT2D eigenvalue weighted by Crippen LogP contribution is -2.42. The summed E-state index contributed by atoms with van der Waals surface area (Å²) in [5, 5.41) is 2.06. The lowest BCUT2D eigenvalue weighted by Gasteiger charge is -2.28. The molecule has 0 atom stereocenters. The third kappa shape index (κ3) is 6.49. The Morgan fingerprint density at radius 3 is 2.00 bits per heavy atom. The zero-order chi connectivity index (χ0) is 25.3. The molecule has 0 aliphatic carbocycles. The van der Waals surface area contributed by atoms with Crippen molar-refractivity contribution in [2.24, 2.45) is 0 Å². The highest BCUT2D eigenvalue weighted by Crippen LogP contribution is 2.22. The highest BCUT2D eigenvalue weighted by Gasteiger charge is 2.23. The largest absolute Gasteiger partial charge is 0.332 e. The van der Waals surface area contributed by atoms with E-state index in [2.05, 4.69) is 30.5 Å². The Labute approximate surface area is 217 Å². The Balaban J connectivity index is 1.51. The molecule has 184 valence electrons. The van der Waals surface area contributed by atoms with Crippen LogP contribution in [0.2, 0.25) is 0 Å². The van der Waals surface area contributed by atoms with Crippen LogP contribution in [-0.2, 0) is 17.9 Å². The van der Waals surface area contributed by atoms with Crippen LogP contribution in [0.25, 0.3) is 11.1 Å². The van der Waals surface area contributed by atoms with Crippen LogP contribution in [0.1, 0.15) is 39.7 Å². The van der Waals surface area contributed by atoms with Gasteiger partial charge in [0.05, 0.1) is 6.54 Å². The molecule has 2 amide bonds. The highest BCUT2D eigenvalue weighted by atomic mass is 32.1. The molecule has 0 saturated carbocycles. The van der Waals surface area contributed by atoms with E-state index in [9.17, 15) is 9.59 Å². The van der Waals surface area contributed by atoms with Gasteiger partial charge in [-0.2, -0.15) is 0 Å². The summed E-state index contributed by atoms with van der Waals surface area (Å²) in [5.74, 6) is -0.161. The molecule has 3 aromatic carbocycles. The molecule has 0 aliphatic heterocycles. The van der Waals surface area contributed by atoms with Gasteiger partial charge >= 0.3 is 0 Å². The molecular formula is C31H32N2O2S. The summed E-state index contributed by atoms with van der Waals surface area (Å²) in [6.07, 6.45) is 0.782. The second kappa shape index (κ2) is 12.3. The van der Waals surface area contributed by atoms with Crippen LogP contribution < -0.4 is 0 Å². The zero-order valence-corrected chi connectivity index (χ0v) is 21.7. The van der Waals surface area contributed by atoms with E-state index in [1.165, 1.54) is 10.4 Å². The molecule has 0 radical (unpaired) electrons. The van der Waals surface area contributed by atoms with E-state index in [4.69, 9.17) is 0 Å². The van der Waals surface area contributed by atoms with Gasteiger partial charge < -0.3 is 9.80 Å². The summed E-state index contributed by atoms with van der Waals surface area (Å²) in [7, 11) is 0. The van der Waals surface area contributed by atoms with Crippen molar-refractivity contribution >= 4 is 23.2 Å². The summed E-state index contributed by atoms with van der Waals surface area (Å²) in [6.45, 7) is 5.74.